The summed E-state index contributed by atoms with van der Waals surface area (Å²) in [4.78, 5) is 0. The fourth-order valence-corrected chi connectivity index (χ4v) is 3.08. The van der Waals surface area contributed by atoms with Crippen LogP contribution >= 0.6 is 0 Å². The second kappa shape index (κ2) is 11.7. The number of benzene rings is 1. The summed E-state index contributed by atoms with van der Waals surface area (Å²) in [5.74, 6) is 0.618. The zero-order chi connectivity index (χ0) is 18.6. The highest BCUT2D eigenvalue weighted by molar-refractivity contribution is 5.59. The Morgan fingerprint density at radius 3 is 2.19 bits per heavy atom. The predicted octanol–water partition coefficient (Wildman–Crippen LogP) is 6.61. The van der Waals surface area contributed by atoms with Crippen molar-refractivity contribution in [1.82, 2.24) is 10.2 Å². The Morgan fingerprint density at radius 2 is 1.54 bits per heavy atom. The van der Waals surface area contributed by atoms with Crippen LogP contribution in [-0.4, -0.2) is 16.3 Å². The summed E-state index contributed by atoms with van der Waals surface area (Å²) < 4.78 is 5.89. The number of aryl methyl sites for hydroxylation is 1. The van der Waals surface area contributed by atoms with Gasteiger partial charge in [-0.2, -0.15) is 0 Å². The van der Waals surface area contributed by atoms with Gasteiger partial charge in [0.1, 0.15) is 0 Å². The van der Waals surface area contributed by atoms with Crippen molar-refractivity contribution in [2.45, 2.75) is 84.7 Å². The van der Waals surface area contributed by atoms with Crippen LogP contribution < -0.4 is 4.74 Å². The van der Waals surface area contributed by atoms with Crippen LogP contribution in [0.25, 0.3) is 11.3 Å². The van der Waals surface area contributed by atoms with Gasteiger partial charge in [0.05, 0.1) is 11.8 Å². The van der Waals surface area contributed by atoms with Crippen LogP contribution in [0.1, 0.15) is 77.7 Å². The summed E-state index contributed by atoms with van der Waals surface area (Å²) in [6, 6.07) is 12.6. The smallest absolute Gasteiger partial charge is 0.233 e. The Kier molecular flexibility index (Phi) is 9.16. The third-order valence-electron chi connectivity index (χ3n) is 4.74. The summed E-state index contributed by atoms with van der Waals surface area (Å²) in [6.07, 6.45) is 11.3. The van der Waals surface area contributed by atoms with Gasteiger partial charge in [-0.05, 0) is 44.2 Å². The first kappa shape index (κ1) is 20.4. The zero-order valence-electron chi connectivity index (χ0n) is 16.7. The number of ether oxygens (including phenoxy) is 1. The number of hydrogen-bond donors (Lipinski definition) is 0. The predicted molar refractivity (Wildman–Crippen MR) is 110 cm³/mol. The first-order chi connectivity index (χ1) is 12.7. The van der Waals surface area contributed by atoms with Gasteiger partial charge < -0.3 is 4.74 Å². The van der Waals surface area contributed by atoms with E-state index in [4.69, 9.17) is 4.74 Å². The second-order valence-corrected chi connectivity index (χ2v) is 7.19. The average molecular weight is 355 g/mol. The van der Waals surface area contributed by atoms with E-state index in [0.29, 0.717) is 5.88 Å². The molecule has 0 aliphatic carbocycles. The fraction of sp³-hybridized carbons (Fsp3) is 0.565. The molecule has 1 atom stereocenters. The lowest BCUT2D eigenvalue weighted by atomic mass is 10.0. The highest BCUT2D eigenvalue weighted by atomic mass is 16.5. The molecule has 0 radical (unpaired) electrons. The lowest BCUT2D eigenvalue weighted by Crippen LogP contribution is -2.12. The first-order valence-electron chi connectivity index (χ1n) is 10.3. The van der Waals surface area contributed by atoms with Crippen LogP contribution in [-0.2, 0) is 6.42 Å². The molecule has 2 aromatic rings. The summed E-state index contributed by atoms with van der Waals surface area (Å²) in [5, 5.41) is 8.59. The molecular formula is C23H34N2O. The number of nitrogens with zero attached hydrogens (tertiary/aromatic N) is 2. The molecule has 3 nitrogen and oxygen atoms in total. The molecule has 0 spiro atoms. The number of rotatable bonds is 12. The number of hydrogen-bond acceptors (Lipinski definition) is 3. The summed E-state index contributed by atoms with van der Waals surface area (Å²) in [5.41, 5.74) is 3.40. The van der Waals surface area contributed by atoms with E-state index in [9.17, 15) is 0 Å². The monoisotopic (exact) mass is 354 g/mol. The molecule has 3 heteroatoms. The summed E-state index contributed by atoms with van der Waals surface area (Å²) in [6.45, 7) is 6.58. The molecule has 0 saturated heterocycles. The van der Waals surface area contributed by atoms with E-state index in [1.807, 2.05) is 12.1 Å². The minimum absolute atomic E-state index is 0.189. The van der Waals surface area contributed by atoms with Crippen molar-refractivity contribution in [2.24, 2.45) is 0 Å². The normalized spacial score (nSPS) is 12.1. The van der Waals surface area contributed by atoms with Crippen LogP contribution in [0.4, 0.5) is 0 Å². The lowest BCUT2D eigenvalue weighted by molar-refractivity contribution is 0.196. The zero-order valence-corrected chi connectivity index (χ0v) is 16.7. The van der Waals surface area contributed by atoms with Crippen LogP contribution in [0.3, 0.4) is 0 Å². The molecule has 0 fully saturated rings. The van der Waals surface area contributed by atoms with Crippen LogP contribution in [0.15, 0.2) is 36.4 Å². The molecule has 0 bridgehead atoms. The van der Waals surface area contributed by atoms with Crippen LogP contribution in [0, 0.1) is 0 Å². The minimum Gasteiger partial charge on any atom is -0.474 e. The third kappa shape index (κ3) is 7.15. The number of unbranched alkanes of at least 4 members (excludes halogenated alkanes) is 5. The van der Waals surface area contributed by atoms with E-state index in [1.165, 1.54) is 50.5 Å². The highest BCUT2D eigenvalue weighted by Gasteiger charge is 2.07. The van der Waals surface area contributed by atoms with Crippen molar-refractivity contribution >= 4 is 0 Å². The topological polar surface area (TPSA) is 35.0 Å². The van der Waals surface area contributed by atoms with E-state index in [1.54, 1.807) is 0 Å². The van der Waals surface area contributed by atoms with Gasteiger partial charge in [-0.15, -0.1) is 10.2 Å². The van der Waals surface area contributed by atoms with Gasteiger partial charge in [-0.1, -0.05) is 70.2 Å². The van der Waals surface area contributed by atoms with Crippen LogP contribution in [0.2, 0.25) is 0 Å². The lowest BCUT2D eigenvalue weighted by Gasteiger charge is -2.13. The Bertz CT molecular complexity index is 607. The maximum Gasteiger partial charge on any atom is 0.233 e. The molecule has 1 aromatic carbocycles. The van der Waals surface area contributed by atoms with Crippen molar-refractivity contribution in [2.75, 3.05) is 0 Å². The Balaban J connectivity index is 1.84. The van der Waals surface area contributed by atoms with Gasteiger partial charge in [0.2, 0.25) is 5.88 Å². The molecule has 0 amide bonds. The summed E-state index contributed by atoms with van der Waals surface area (Å²) in [7, 11) is 0. The number of aromatic nitrogens is 2. The SMILES string of the molecule is CCCCCCC(C)Oc1ccc(-c2ccc(CCCCC)cc2)nn1. The van der Waals surface area contributed by atoms with Gasteiger partial charge in [-0.25, -0.2) is 0 Å². The van der Waals surface area contributed by atoms with E-state index < -0.39 is 0 Å². The quantitative estimate of drug-likeness (QED) is 0.402. The largest absolute Gasteiger partial charge is 0.474 e. The third-order valence-corrected chi connectivity index (χ3v) is 4.74. The molecule has 1 heterocycles. The van der Waals surface area contributed by atoms with Gasteiger partial charge in [0.25, 0.3) is 0 Å². The van der Waals surface area contributed by atoms with Crippen molar-refractivity contribution in [1.29, 1.82) is 0 Å². The molecule has 0 N–H and O–H groups in total. The Hall–Kier alpha value is -1.90. The average Bonchev–Trinajstić information content (AvgIpc) is 2.67. The standard InChI is InChI=1S/C23H34N2O/c1-4-6-8-10-11-19(3)26-23-18-17-22(24-25-23)21-15-13-20(14-16-21)12-9-7-5-2/h13-19H,4-12H2,1-3H3. The van der Waals surface area contributed by atoms with Gasteiger partial charge in [0.15, 0.2) is 0 Å². The van der Waals surface area contributed by atoms with Crippen molar-refractivity contribution < 1.29 is 4.74 Å². The maximum absolute atomic E-state index is 5.89. The maximum atomic E-state index is 5.89. The van der Waals surface area contributed by atoms with Crippen molar-refractivity contribution in [3.63, 3.8) is 0 Å². The first-order valence-corrected chi connectivity index (χ1v) is 10.3. The molecule has 1 aromatic heterocycles. The van der Waals surface area contributed by atoms with E-state index in [2.05, 4.69) is 55.2 Å². The second-order valence-electron chi connectivity index (χ2n) is 7.19. The van der Waals surface area contributed by atoms with Gasteiger partial charge in [-0.3, -0.25) is 0 Å². The van der Waals surface area contributed by atoms with E-state index in [0.717, 1.165) is 24.1 Å². The molecule has 0 saturated carbocycles. The molecule has 0 aliphatic heterocycles. The van der Waals surface area contributed by atoms with Crippen LogP contribution in [0.5, 0.6) is 5.88 Å². The highest BCUT2D eigenvalue weighted by Crippen LogP contribution is 2.20. The van der Waals surface area contributed by atoms with Crippen molar-refractivity contribution in [3.05, 3.63) is 42.0 Å². The van der Waals surface area contributed by atoms with E-state index >= 15 is 0 Å². The van der Waals surface area contributed by atoms with E-state index in [-0.39, 0.29) is 6.10 Å². The summed E-state index contributed by atoms with van der Waals surface area (Å²) >= 11 is 0. The molecule has 142 valence electrons. The minimum atomic E-state index is 0.189. The Labute approximate surface area is 159 Å². The van der Waals surface area contributed by atoms with Crippen molar-refractivity contribution in [3.8, 4) is 17.1 Å². The molecule has 2 rings (SSSR count). The van der Waals surface area contributed by atoms with Gasteiger partial charge in [0, 0.05) is 11.6 Å². The fourth-order valence-electron chi connectivity index (χ4n) is 3.08. The Morgan fingerprint density at radius 1 is 0.808 bits per heavy atom. The molecule has 1 unspecified atom stereocenters. The van der Waals surface area contributed by atoms with Gasteiger partial charge >= 0.3 is 0 Å². The molecule has 26 heavy (non-hydrogen) atoms. The molecule has 0 aliphatic rings. The molecular weight excluding hydrogens is 320 g/mol.